The zero-order chi connectivity index (χ0) is 11.1. The van der Waals surface area contributed by atoms with Crippen molar-refractivity contribution in [1.82, 2.24) is 5.16 Å². The van der Waals surface area contributed by atoms with E-state index in [0.717, 1.165) is 27.1 Å². The Morgan fingerprint density at radius 3 is 2.88 bits per heavy atom. The molecule has 0 fully saturated rings. The van der Waals surface area contributed by atoms with E-state index in [9.17, 15) is 0 Å². The van der Waals surface area contributed by atoms with Gasteiger partial charge in [0.05, 0.1) is 10.3 Å². The second-order valence-electron chi connectivity index (χ2n) is 3.97. The number of rotatable bonds is 1. The van der Waals surface area contributed by atoms with Gasteiger partial charge >= 0.3 is 0 Å². The number of hydrogen-bond donors (Lipinski definition) is 0. The minimum atomic E-state index is 0.897. The molecule has 0 aliphatic carbocycles. The second kappa shape index (κ2) is 3.46. The van der Waals surface area contributed by atoms with Crippen molar-refractivity contribution in [3.05, 3.63) is 40.8 Å². The molecule has 1 aromatic carbocycles. The summed E-state index contributed by atoms with van der Waals surface area (Å²) in [6.07, 6.45) is 0. The van der Waals surface area contributed by atoms with Crippen LogP contribution in [0.3, 0.4) is 0 Å². The van der Waals surface area contributed by atoms with E-state index in [1.807, 2.05) is 6.07 Å². The molecule has 0 N–H and O–H groups in total. The van der Waals surface area contributed by atoms with Crippen molar-refractivity contribution in [2.24, 2.45) is 0 Å². The summed E-state index contributed by atoms with van der Waals surface area (Å²) in [6, 6.07) is 8.35. The summed E-state index contributed by atoms with van der Waals surface area (Å²) >= 11 is 1.68. The monoisotopic (exact) mass is 229 g/mol. The van der Waals surface area contributed by atoms with Crippen LogP contribution in [0.2, 0.25) is 0 Å². The highest BCUT2D eigenvalue weighted by atomic mass is 32.1. The lowest BCUT2D eigenvalue weighted by Gasteiger charge is -1.97. The molecule has 16 heavy (non-hydrogen) atoms. The van der Waals surface area contributed by atoms with Gasteiger partial charge in [-0.15, -0.1) is 11.3 Å². The summed E-state index contributed by atoms with van der Waals surface area (Å²) in [5.74, 6) is 0. The molecule has 0 spiro atoms. The Labute approximate surface area is 97.5 Å². The number of hydrogen-bond acceptors (Lipinski definition) is 3. The molecule has 2 heterocycles. The third-order valence-corrected chi connectivity index (χ3v) is 3.53. The smallest absolute Gasteiger partial charge is 0.170 e. The maximum Gasteiger partial charge on any atom is 0.170 e. The van der Waals surface area contributed by atoms with Gasteiger partial charge in [-0.05, 0) is 42.5 Å². The molecule has 2 nitrogen and oxygen atoms in total. The lowest BCUT2D eigenvalue weighted by Crippen LogP contribution is -1.78. The van der Waals surface area contributed by atoms with Gasteiger partial charge in [0.1, 0.15) is 5.69 Å². The fourth-order valence-electron chi connectivity index (χ4n) is 1.98. The van der Waals surface area contributed by atoms with Crippen molar-refractivity contribution in [2.75, 3.05) is 0 Å². The van der Waals surface area contributed by atoms with Gasteiger partial charge in [0.25, 0.3) is 0 Å². The number of aromatic nitrogens is 1. The molecule has 0 saturated carbocycles. The van der Waals surface area contributed by atoms with Gasteiger partial charge < -0.3 is 4.52 Å². The first-order valence-electron chi connectivity index (χ1n) is 5.16. The first-order chi connectivity index (χ1) is 7.75. The fourth-order valence-corrected chi connectivity index (χ4v) is 2.70. The van der Waals surface area contributed by atoms with Crippen LogP contribution in [0, 0.1) is 13.8 Å². The summed E-state index contributed by atoms with van der Waals surface area (Å²) in [7, 11) is 0. The van der Waals surface area contributed by atoms with E-state index >= 15 is 0 Å². The summed E-state index contributed by atoms with van der Waals surface area (Å²) in [4.78, 5) is 1.16. The Hall–Kier alpha value is -1.61. The van der Waals surface area contributed by atoms with Crippen LogP contribution in [-0.2, 0) is 0 Å². The maximum atomic E-state index is 5.42. The molecule has 0 amide bonds. The maximum absolute atomic E-state index is 5.42. The van der Waals surface area contributed by atoms with Gasteiger partial charge in [0.15, 0.2) is 5.58 Å². The third kappa shape index (κ3) is 1.36. The molecule has 0 aliphatic heterocycles. The standard InChI is InChI=1S/C13H11NOS/c1-8-6-9(2)13-10(7-8)12(14-15-13)11-4-3-5-16-11/h3-7H,1-2H3. The van der Waals surface area contributed by atoms with Gasteiger partial charge in [0, 0.05) is 0 Å². The first-order valence-corrected chi connectivity index (χ1v) is 6.04. The number of nitrogens with zero attached hydrogens (tertiary/aromatic N) is 1. The van der Waals surface area contributed by atoms with Crippen LogP contribution in [-0.4, -0.2) is 5.16 Å². The van der Waals surface area contributed by atoms with Crippen molar-refractivity contribution < 1.29 is 4.52 Å². The van der Waals surface area contributed by atoms with Crippen LogP contribution in [0.4, 0.5) is 0 Å². The molecule has 0 saturated heterocycles. The number of benzene rings is 1. The molecular formula is C13H11NOS. The molecule has 0 unspecified atom stereocenters. The molecular weight excluding hydrogens is 218 g/mol. The Morgan fingerprint density at radius 2 is 2.12 bits per heavy atom. The van der Waals surface area contributed by atoms with E-state index < -0.39 is 0 Å². The predicted octanol–water partition coefficient (Wildman–Crippen LogP) is 4.17. The highest BCUT2D eigenvalue weighted by Crippen LogP contribution is 2.32. The van der Waals surface area contributed by atoms with Gasteiger partial charge in [-0.25, -0.2) is 0 Å². The van der Waals surface area contributed by atoms with E-state index in [2.05, 4.69) is 42.6 Å². The minimum Gasteiger partial charge on any atom is -0.355 e. The Morgan fingerprint density at radius 1 is 1.25 bits per heavy atom. The van der Waals surface area contributed by atoms with E-state index in [4.69, 9.17) is 4.52 Å². The van der Waals surface area contributed by atoms with Gasteiger partial charge in [-0.3, -0.25) is 0 Å². The Kier molecular flexibility index (Phi) is 2.07. The highest BCUT2D eigenvalue weighted by Gasteiger charge is 2.13. The van der Waals surface area contributed by atoms with Crippen LogP contribution in [0.25, 0.3) is 21.5 Å². The zero-order valence-corrected chi connectivity index (χ0v) is 9.97. The lowest BCUT2D eigenvalue weighted by molar-refractivity contribution is 0.458. The average Bonchev–Trinajstić information content (AvgIpc) is 2.83. The lowest BCUT2D eigenvalue weighted by atomic mass is 10.1. The quantitative estimate of drug-likeness (QED) is 0.625. The Balaban J connectivity index is 2.35. The van der Waals surface area contributed by atoms with Crippen molar-refractivity contribution in [3.63, 3.8) is 0 Å². The molecule has 80 valence electrons. The number of fused-ring (bicyclic) bond motifs is 1. The summed E-state index contributed by atoms with van der Waals surface area (Å²) in [6.45, 7) is 4.15. The second-order valence-corrected chi connectivity index (χ2v) is 4.91. The van der Waals surface area contributed by atoms with Crippen molar-refractivity contribution >= 4 is 22.3 Å². The molecule has 0 radical (unpaired) electrons. The molecule has 0 bridgehead atoms. The molecule has 0 aliphatic rings. The van der Waals surface area contributed by atoms with E-state index in [1.54, 1.807) is 11.3 Å². The van der Waals surface area contributed by atoms with Crippen LogP contribution in [0.5, 0.6) is 0 Å². The van der Waals surface area contributed by atoms with Crippen LogP contribution in [0.15, 0.2) is 34.2 Å². The van der Waals surface area contributed by atoms with Crippen LogP contribution in [0.1, 0.15) is 11.1 Å². The number of aryl methyl sites for hydroxylation is 2. The predicted molar refractivity (Wildman–Crippen MR) is 66.8 cm³/mol. The van der Waals surface area contributed by atoms with Crippen LogP contribution < -0.4 is 0 Å². The largest absolute Gasteiger partial charge is 0.355 e. The molecule has 2 aromatic heterocycles. The Bertz CT molecular complexity index is 637. The van der Waals surface area contributed by atoms with Gasteiger partial charge in [-0.2, -0.15) is 0 Å². The SMILES string of the molecule is Cc1cc(C)c2onc(-c3cccs3)c2c1. The minimum absolute atomic E-state index is 0.897. The molecule has 3 aromatic rings. The van der Waals surface area contributed by atoms with E-state index in [-0.39, 0.29) is 0 Å². The van der Waals surface area contributed by atoms with Crippen molar-refractivity contribution in [3.8, 4) is 10.6 Å². The van der Waals surface area contributed by atoms with Gasteiger partial charge in [-0.1, -0.05) is 17.3 Å². The molecule has 3 rings (SSSR count). The highest BCUT2D eigenvalue weighted by molar-refractivity contribution is 7.13. The summed E-state index contributed by atoms with van der Waals surface area (Å²) in [5.41, 5.74) is 4.24. The third-order valence-electron chi connectivity index (χ3n) is 2.66. The van der Waals surface area contributed by atoms with E-state index in [1.165, 1.54) is 5.56 Å². The van der Waals surface area contributed by atoms with Gasteiger partial charge in [0.2, 0.25) is 0 Å². The summed E-state index contributed by atoms with van der Waals surface area (Å²) in [5, 5.41) is 7.34. The normalized spacial score (nSPS) is 11.1. The average molecular weight is 229 g/mol. The van der Waals surface area contributed by atoms with Crippen molar-refractivity contribution in [1.29, 1.82) is 0 Å². The van der Waals surface area contributed by atoms with Crippen molar-refractivity contribution in [2.45, 2.75) is 13.8 Å². The number of thiophene rings is 1. The fraction of sp³-hybridized carbons (Fsp3) is 0.154. The first kappa shape index (κ1) is 9.60. The summed E-state index contributed by atoms with van der Waals surface area (Å²) < 4.78 is 5.42. The molecule has 0 atom stereocenters. The van der Waals surface area contributed by atoms with E-state index in [0.29, 0.717) is 0 Å². The molecule has 3 heteroatoms. The van der Waals surface area contributed by atoms with Crippen LogP contribution >= 0.6 is 11.3 Å². The topological polar surface area (TPSA) is 26.0 Å². The zero-order valence-electron chi connectivity index (χ0n) is 9.15.